The van der Waals surface area contributed by atoms with Gasteiger partial charge in [-0.2, -0.15) is 0 Å². The highest BCUT2D eigenvalue weighted by atomic mass is 16.5. The van der Waals surface area contributed by atoms with Gasteiger partial charge in [0.05, 0.1) is 12.2 Å². The molecule has 2 rings (SSSR count). The van der Waals surface area contributed by atoms with Gasteiger partial charge in [0.15, 0.2) is 0 Å². The third-order valence-corrected chi connectivity index (χ3v) is 2.82. The van der Waals surface area contributed by atoms with E-state index in [2.05, 4.69) is 9.97 Å². The first-order chi connectivity index (χ1) is 9.15. The number of nitrogens with zero attached hydrogens (tertiary/aromatic N) is 1. The molecule has 100 valence electrons. The summed E-state index contributed by atoms with van der Waals surface area (Å²) in [5.41, 5.74) is 6.91. The predicted octanol–water partition coefficient (Wildman–Crippen LogP) is 1.98. The molecule has 19 heavy (non-hydrogen) atoms. The molecule has 1 aromatic heterocycles. The normalized spacial score (nSPS) is 10.4. The summed E-state index contributed by atoms with van der Waals surface area (Å²) in [4.78, 5) is 18.9. The van der Waals surface area contributed by atoms with Gasteiger partial charge < -0.3 is 15.5 Å². The molecule has 0 saturated carbocycles. The van der Waals surface area contributed by atoms with Crippen molar-refractivity contribution in [2.45, 2.75) is 20.3 Å². The van der Waals surface area contributed by atoms with Crippen molar-refractivity contribution in [3.05, 3.63) is 40.2 Å². The Bertz CT molecular complexity index is 635. The summed E-state index contributed by atoms with van der Waals surface area (Å²) in [6.45, 7) is 4.38. The van der Waals surface area contributed by atoms with Crippen LogP contribution in [0, 0.1) is 0 Å². The van der Waals surface area contributed by atoms with Crippen molar-refractivity contribution < 1.29 is 4.74 Å². The van der Waals surface area contributed by atoms with Crippen LogP contribution >= 0.6 is 0 Å². The number of ether oxygens (including phenoxy) is 1. The number of H-pyrrole nitrogens is 1. The average Bonchev–Trinajstić information content (AvgIpc) is 2.39. The molecule has 5 nitrogen and oxygen atoms in total. The minimum atomic E-state index is -0.188. The van der Waals surface area contributed by atoms with E-state index in [4.69, 9.17) is 10.5 Å². The van der Waals surface area contributed by atoms with E-state index in [9.17, 15) is 4.79 Å². The average molecular weight is 259 g/mol. The summed E-state index contributed by atoms with van der Waals surface area (Å²) < 4.78 is 5.42. The van der Waals surface area contributed by atoms with Crippen LogP contribution in [0.2, 0.25) is 0 Å². The number of aromatic amines is 1. The fourth-order valence-corrected chi connectivity index (χ4v) is 1.89. The van der Waals surface area contributed by atoms with Gasteiger partial charge in [-0.25, -0.2) is 4.98 Å². The van der Waals surface area contributed by atoms with Gasteiger partial charge in [-0.05, 0) is 25.5 Å². The molecule has 0 bridgehead atoms. The summed E-state index contributed by atoms with van der Waals surface area (Å²) in [6.07, 6.45) is 0.563. The van der Waals surface area contributed by atoms with Crippen LogP contribution < -0.4 is 16.0 Å². The third-order valence-electron chi connectivity index (χ3n) is 2.82. The van der Waals surface area contributed by atoms with Crippen molar-refractivity contribution >= 4 is 5.82 Å². The first kappa shape index (κ1) is 13.1. The third kappa shape index (κ3) is 2.76. The van der Waals surface area contributed by atoms with Crippen LogP contribution in [0.5, 0.6) is 5.75 Å². The Labute approximate surface area is 111 Å². The molecule has 0 saturated heterocycles. The molecule has 0 amide bonds. The van der Waals surface area contributed by atoms with Crippen LogP contribution in [0.4, 0.5) is 5.82 Å². The van der Waals surface area contributed by atoms with Gasteiger partial charge >= 0.3 is 0 Å². The molecular formula is C14H17N3O2. The number of aromatic nitrogens is 2. The summed E-state index contributed by atoms with van der Waals surface area (Å²) >= 11 is 0. The largest absolute Gasteiger partial charge is 0.494 e. The predicted molar refractivity (Wildman–Crippen MR) is 75.3 cm³/mol. The van der Waals surface area contributed by atoms with E-state index in [-0.39, 0.29) is 11.4 Å². The fraction of sp³-hybridized carbons (Fsp3) is 0.286. The summed E-state index contributed by atoms with van der Waals surface area (Å²) in [5, 5.41) is 0. The van der Waals surface area contributed by atoms with Gasteiger partial charge in [-0.15, -0.1) is 0 Å². The van der Waals surface area contributed by atoms with Crippen molar-refractivity contribution in [1.82, 2.24) is 9.97 Å². The van der Waals surface area contributed by atoms with Gasteiger partial charge in [0.1, 0.15) is 17.4 Å². The maximum Gasteiger partial charge on any atom is 0.256 e. The number of hydrogen-bond donors (Lipinski definition) is 2. The van der Waals surface area contributed by atoms with Gasteiger partial charge in [-0.1, -0.05) is 19.1 Å². The molecule has 0 fully saturated rings. The highest BCUT2D eigenvalue weighted by Gasteiger charge is 2.09. The Morgan fingerprint density at radius 3 is 2.79 bits per heavy atom. The first-order valence-corrected chi connectivity index (χ1v) is 6.27. The zero-order valence-electron chi connectivity index (χ0n) is 11.1. The Hall–Kier alpha value is -2.30. The lowest BCUT2D eigenvalue weighted by Gasteiger charge is -2.07. The minimum absolute atomic E-state index is 0.188. The second-order valence-electron chi connectivity index (χ2n) is 4.09. The van der Waals surface area contributed by atoms with E-state index in [0.29, 0.717) is 24.4 Å². The summed E-state index contributed by atoms with van der Waals surface area (Å²) in [5.74, 6) is 1.48. The lowest BCUT2D eigenvalue weighted by atomic mass is 10.2. The zero-order chi connectivity index (χ0) is 13.8. The molecule has 0 atom stereocenters. The number of nitrogens with one attached hydrogen (secondary N) is 1. The Balaban J connectivity index is 2.47. The molecule has 0 aliphatic rings. The molecule has 0 unspecified atom stereocenters. The highest BCUT2D eigenvalue weighted by Crippen LogP contribution is 2.21. The monoisotopic (exact) mass is 259 g/mol. The Morgan fingerprint density at radius 1 is 1.37 bits per heavy atom. The molecule has 5 heteroatoms. The van der Waals surface area contributed by atoms with Crippen LogP contribution in [0.1, 0.15) is 19.4 Å². The molecule has 1 aromatic carbocycles. The van der Waals surface area contributed by atoms with Gasteiger partial charge in [0.2, 0.25) is 0 Å². The fourth-order valence-electron chi connectivity index (χ4n) is 1.89. The summed E-state index contributed by atoms with van der Waals surface area (Å²) in [7, 11) is 0. The lowest BCUT2D eigenvalue weighted by molar-refractivity contribution is 0.340. The highest BCUT2D eigenvalue weighted by molar-refractivity contribution is 5.59. The molecular weight excluding hydrogens is 242 g/mol. The van der Waals surface area contributed by atoms with E-state index in [1.54, 1.807) is 0 Å². The second-order valence-corrected chi connectivity index (χ2v) is 4.09. The first-order valence-electron chi connectivity index (χ1n) is 6.27. The maximum atomic E-state index is 11.9. The summed E-state index contributed by atoms with van der Waals surface area (Å²) in [6, 6.07) is 7.39. The molecule has 3 N–H and O–H groups in total. The standard InChI is InChI=1S/C14H17N3O2/c1-3-11-12(15)16-13(17-14(11)18)9-6-5-7-10(8-9)19-4-2/h5-8H,3-4H2,1-2H3,(H3,15,16,17,18). The molecule has 0 aliphatic carbocycles. The number of nitrogen functional groups attached to an aromatic ring is 1. The number of anilines is 1. The quantitative estimate of drug-likeness (QED) is 0.879. The number of nitrogens with two attached hydrogens (primary N) is 1. The van der Waals surface area contributed by atoms with Crippen molar-refractivity contribution in [1.29, 1.82) is 0 Å². The van der Waals surface area contributed by atoms with E-state index >= 15 is 0 Å². The van der Waals surface area contributed by atoms with Crippen LogP contribution in [-0.2, 0) is 6.42 Å². The Kier molecular flexibility index (Phi) is 3.85. The van der Waals surface area contributed by atoms with Gasteiger partial charge in [-0.3, -0.25) is 4.79 Å². The van der Waals surface area contributed by atoms with E-state index < -0.39 is 0 Å². The van der Waals surface area contributed by atoms with Crippen molar-refractivity contribution in [3.8, 4) is 17.1 Å². The maximum absolute atomic E-state index is 11.9. The number of benzene rings is 1. The van der Waals surface area contributed by atoms with Gasteiger partial charge in [0, 0.05) is 5.56 Å². The van der Waals surface area contributed by atoms with Crippen LogP contribution in [0.15, 0.2) is 29.1 Å². The van der Waals surface area contributed by atoms with Crippen molar-refractivity contribution in [2.75, 3.05) is 12.3 Å². The minimum Gasteiger partial charge on any atom is -0.494 e. The van der Waals surface area contributed by atoms with Crippen LogP contribution in [0.3, 0.4) is 0 Å². The zero-order valence-corrected chi connectivity index (χ0v) is 11.1. The lowest BCUT2D eigenvalue weighted by Crippen LogP contribution is -2.17. The van der Waals surface area contributed by atoms with Crippen LogP contribution in [0.25, 0.3) is 11.4 Å². The smallest absolute Gasteiger partial charge is 0.256 e. The molecule has 0 spiro atoms. The molecule has 1 heterocycles. The van der Waals surface area contributed by atoms with Crippen LogP contribution in [-0.4, -0.2) is 16.6 Å². The van der Waals surface area contributed by atoms with Crippen molar-refractivity contribution in [3.63, 3.8) is 0 Å². The Morgan fingerprint density at radius 2 is 2.16 bits per heavy atom. The molecule has 2 aromatic rings. The second kappa shape index (κ2) is 5.56. The van der Waals surface area contributed by atoms with E-state index in [1.807, 2.05) is 38.1 Å². The molecule has 0 radical (unpaired) electrons. The van der Waals surface area contributed by atoms with Gasteiger partial charge in [0.25, 0.3) is 5.56 Å². The van der Waals surface area contributed by atoms with E-state index in [0.717, 1.165) is 11.3 Å². The number of rotatable bonds is 4. The topological polar surface area (TPSA) is 81.0 Å². The van der Waals surface area contributed by atoms with E-state index in [1.165, 1.54) is 0 Å². The molecule has 0 aliphatic heterocycles. The number of hydrogen-bond acceptors (Lipinski definition) is 4. The SMILES string of the molecule is CCOc1cccc(-c2nc(N)c(CC)c(=O)[nH]2)c1. The van der Waals surface area contributed by atoms with Crippen molar-refractivity contribution in [2.24, 2.45) is 0 Å².